The van der Waals surface area contributed by atoms with E-state index in [0.29, 0.717) is 10.6 Å². The minimum Gasteiger partial charge on any atom is -0.497 e. The zero-order chi connectivity index (χ0) is 15.4. The van der Waals surface area contributed by atoms with Gasteiger partial charge in [0, 0.05) is 18.0 Å². The summed E-state index contributed by atoms with van der Waals surface area (Å²) in [6.07, 6.45) is 5.13. The number of aromatic amines is 1. The SMILES string of the molecule is COc1ccc(/C=N/n2c(-c3cccnc3)n[nH]c2=S)cc1. The van der Waals surface area contributed by atoms with Gasteiger partial charge in [0.15, 0.2) is 5.82 Å². The highest BCUT2D eigenvalue weighted by Crippen LogP contribution is 2.15. The Morgan fingerprint density at radius 3 is 2.77 bits per heavy atom. The number of methoxy groups -OCH3 is 1. The van der Waals surface area contributed by atoms with E-state index < -0.39 is 0 Å². The number of ether oxygens (including phenoxy) is 1. The molecule has 0 fully saturated rings. The molecule has 0 aliphatic heterocycles. The summed E-state index contributed by atoms with van der Waals surface area (Å²) in [6.45, 7) is 0. The van der Waals surface area contributed by atoms with Gasteiger partial charge in [-0.2, -0.15) is 14.9 Å². The van der Waals surface area contributed by atoms with Gasteiger partial charge in [-0.1, -0.05) is 0 Å². The Bertz CT molecular complexity index is 836. The van der Waals surface area contributed by atoms with Crippen LogP contribution in [0.15, 0.2) is 53.9 Å². The lowest BCUT2D eigenvalue weighted by molar-refractivity contribution is 0.415. The summed E-state index contributed by atoms with van der Waals surface area (Å²) in [4.78, 5) is 4.08. The Hall–Kier alpha value is -2.80. The highest BCUT2D eigenvalue weighted by Gasteiger charge is 2.07. The van der Waals surface area contributed by atoms with E-state index in [2.05, 4.69) is 20.3 Å². The molecule has 2 heterocycles. The number of benzene rings is 1. The molecule has 6 nitrogen and oxygen atoms in total. The molecule has 0 saturated carbocycles. The molecule has 3 rings (SSSR count). The normalized spacial score (nSPS) is 11.0. The molecule has 110 valence electrons. The molecule has 0 radical (unpaired) electrons. The van der Waals surface area contributed by atoms with Gasteiger partial charge in [0.2, 0.25) is 4.77 Å². The van der Waals surface area contributed by atoms with Crippen LogP contribution in [0.2, 0.25) is 0 Å². The quantitative estimate of drug-likeness (QED) is 0.594. The van der Waals surface area contributed by atoms with Gasteiger partial charge in [0.25, 0.3) is 0 Å². The van der Waals surface area contributed by atoms with Crippen molar-refractivity contribution < 1.29 is 4.74 Å². The van der Waals surface area contributed by atoms with E-state index in [1.165, 1.54) is 0 Å². The van der Waals surface area contributed by atoms with E-state index in [0.717, 1.165) is 16.9 Å². The smallest absolute Gasteiger partial charge is 0.216 e. The third kappa shape index (κ3) is 2.94. The molecule has 1 N–H and O–H groups in total. The number of hydrogen-bond acceptors (Lipinski definition) is 5. The number of aromatic nitrogens is 4. The first-order valence-electron chi connectivity index (χ1n) is 6.54. The molecule has 0 unspecified atom stereocenters. The standard InChI is InChI=1S/C15H13N5OS/c1-21-13-6-4-11(5-7-13)9-17-20-14(18-19-15(20)22)12-3-2-8-16-10-12/h2-10H,1H3,(H,19,22)/b17-9+. The van der Waals surface area contributed by atoms with Gasteiger partial charge in [0.05, 0.1) is 13.3 Å². The molecule has 22 heavy (non-hydrogen) atoms. The van der Waals surface area contributed by atoms with Crippen molar-refractivity contribution in [2.45, 2.75) is 0 Å². The average Bonchev–Trinajstić information content (AvgIpc) is 2.95. The summed E-state index contributed by atoms with van der Waals surface area (Å²) in [6, 6.07) is 11.3. The molecule has 1 aromatic carbocycles. The van der Waals surface area contributed by atoms with Crippen molar-refractivity contribution in [1.29, 1.82) is 0 Å². The Morgan fingerprint density at radius 1 is 1.27 bits per heavy atom. The second-order valence-electron chi connectivity index (χ2n) is 4.42. The molecule has 0 saturated heterocycles. The Labute approximate surface area is 132 Å². The van der Waals surface area contributed by atoms with Crippen LogP contribution in [-0.4, -0.2) is 33.2 Å². The number of nitrogens with one attached hydrogen (secondary N) is 1. The first-order valence-corrected chi connectivity index (χ1v) is 6.95. The highest BCUT2D eigenvalue weighted by atomic mass is 32.1. The summed E-state index contributed by atoms with van der Waals surface area (Å²) in [7, 11) is 1.63. The fourth-order valence-corrected chi connectivity index (χ4v) is 2.07. The monoisotopic (exact) mass is 311 g/mol. The molecule has 2 aromatic heterocycles. The van der Waals surface area contributed by atoms with E-state index in [-0.39, 0.29) is 0 Å². The van der Waals surface area contributed by atoms with Crippen molar-refractivity contribution in [3.63, 3.8) is 0 Å². The van der Waals surface area contributed by atoms with Crippen LogP contribution in [0.25, 0.3) is 11.4 Å². The Balaban J connectivity index is 1.93. The number of rotatable bonds is 4. The zero-order valence-electron chi connectivity index (χ0n) is 11.8. The van der Waals surface area contributed by atoms with Crippen molar-refractivity contribution in [2.24, 2.45) is 5.10 Å². The van der Waals surface area contributed by atoms with Crippen LogP contribution in [-0.2, 0) is 0 Å². The maximum absolute atomic E-state index is 5.22. The average molecular weight is 311 g/mol. The minimum absolute atomic E-state index is 0.420. The highest BCUT2D eigenvalue weighted by molar-refractivity contribution is 7.71. The van der Waals surface area contributed by atoms with Crippen LogP contribution in [0.4, 0.5) is 0 Å². The molecule has 0 atom stereocenters. The predicted molar refractivity (Wildman–Crippen MR) is 86.6 cm³/mol. The van der Waals surface area contributed by atoms with E-state index in [9.17, 15) is 0 Å². The molecule has 0 spiro atoms. The Morgan fingerprint density at radius 2 is 2.09 bits per heavy atom. The van der Waals surface area contributed by atoms with E-state index in [1.54, 1.807) is 30.4 Å². The summed E-state index contributed by atoms with van der Waals surface area (Å²) < 4.78 is 7.11. The van der Waals surface area contributed by atoms with Crippen LogP contribution < -0.4 is 4.74 Å². The van der Waals surface area contributed by atoms with Crippen LogP contribution in [0.3, 0.4) is 0 Å². The fourth-order valence-electron chi connectivity index (χ4n) is 1.90. The summed E-state index contributed by atoms with van der Waals surface area (Å²) in [5.41, 5.74) is 1.77. The number of nitrogens with zero attached hydrogens (tertiary/aromatic N) is 4. The van der Waals surface area contributed by atoms with Crippen molar-refractivity contribution in [2.75, 3.05) is 7.11 Å². The van der Waals surface area contributed by atoms with Gasteiger partial charge in [-0.3, -0.25) is 4.98 Å². The van der Waals surface area contributed by atoms with Crippen LogP contribution >= 0.6 is 12.2 Å². The molecule has 0 aliphatic rings. The van der Waals surface area contributed by atoms with Gasteiger partial charge in [-0.15, -0.1) is 0 Å². The lowest BCUT2D eigenvalue weighted by Gasteiger charge is -2.01. The molecule has 0 aliphatic carbocycles. The second-order valence-corrected chi connectivity index (χ2v) is 4.81. The summed E-state index contributed by atoms with van der Waals surface area (Å²) >= 11 is 5.22. The third-order valence-electron chi connectivity index (χ3n) is 3.01. The van der Waals surface area contributed by atoms with Gasteiger partial charge in [0.1, 0.15) is 5.75 Å². The van der Waals surface area contributed by atoms with Crippen molar-refractivity contribution in [3.8, 4) is 17.1 Å². The largest absolute Gasteiger partial charge is 0.497 e. The van der Waals surface area contributed by atoms with E-state index in [1.807, 2.05) is 36.4 Å². The van der Waals surface area contributed by atoms with E-state index >= 15 is 0 Å². The lowest BCUT2D eigenvalue weighted by Crippen LogP contribution is -1.95. The molecule has 3 aromatic rings. The van der Waals surface area contributed by atoms with Gasteiger partial charge < -0.3 is 4.74 Å². The van der Waals surface area contributed by atoms with Crippen molar-refractivity contribution in [3.05, 3.63) is 59.1 Å². The number of H-pyrrole nitrogens is 1. The number of hydrogen-bond donors (Lipinski definition) is 1. The van der Waals surface area contributed by atoms with Crippen LogP contribution in [0, 0.1) is 4.77 Å². The fraction of sp³-hybridized carbons (Fsp3) is 0.0667. The molecular weight excluding hydrogens is 298 g/mol. The molecule has 7 heteroatoms. The maximum Gasteiger partial charge on any atom is 0.216 e. The zero-order valence-corrected chi connectivity index (χ0v) is 12.6. The first kappa shape index (κ1) is 14.2. The van der Waals surface area contributed by atoms with Gasteiger partial charge in [-0.25, -0.2) is 5.10 Å². The molecular formula is C15H13N5OS. The lowest BCUT2D eigenvalue weighted by atomic mass is 10.2. The molecule has 0 amide bonds. The summed E-state index contributed by atoms with van der Waals surface area (Å²) in [5, 5.41) is 11.3. The maximum atomic E-state index is 5.22. The van der Waals surface area contributed by atoms with Crippen LogP contribution in [0.5, 0.6) is 5.75 Å². The van der Waals surface area contributed by atoms with Gasteiger partial charge >= 0.3 is 0 Å². The number of pyridine rings is 1. The molecule has 0 bridgehead atoms. The third-order valence-corrected chi connectivity index (χ3v) is 3.27. The Kier molecular flexibility index (Phi) is 4.06. The topological polar surface area (TPSA) is 68.1 Å². The van der Waals surface area contributed by atoms with Gasteiger partial charge in [-0.05, 0) is 54.2 Å². The van der Waals surface area contributed by atoms with E-state index in [4.69, 9.17) is 17.0 Å². The first-order chi connectivity index (χ1) is 10.8. The minimum atomic E-state index is 0.420. The van der Waals surface area contributed by atoms with Crippen molar-refractivity contribution in [1.82, 2.24) is 19.9 Å². The second kappa shape index (κ2) is 6.31. The summed E-state index contributed by atoms with van der Waals surface area (Å²) in [5.74, 6) is 1.41. The predicted octanol–water partition coefficient (Wildman–Crippen LogP) is 2.89. The van der Waals surface area contributed by atoms with Crippen LogP contribution in [0.1, 0.15) is 5.56 Å². The van der Waals surface area contributed by atoms with Crippen molar-refractivity contribution >= 4 is 18.4 Å².